The minimum absolute atomic E-state index is 0.00424. The van der Waals surface area contributed by atoms with Gasteiger partial charge in [0, 0.05) is 0 Å². The van der Waals surface area contributed by atoms with E-state index in [1.165, 1.54) is 12.8 Å². The normalized spacial score (nSPS) is 27.7. The van der Waals surface area contributed by atoms with Crippen LogP contribution in [0.1, 0.15) is 67.2 Å². The zero-order chi connectivity index (χ0) is 17.0. The van der Waals surface area contributed by atoms with Crippen LogP contribution in [0.15, 0.2) is 0 Å². The van der Waals surface area contributed by atoms with Crippen molar-refractivity contribution < 1.29 is 19.4 Å². The molecule has 3 unspecified atom stereocenters. The maximum Gasteiger partial charge on any atom is 0.311 e. The molecule has 0 aromatic rings. The average molecular weight is 314 g/mol. The Bertz CT molecular complexity index is 359. The quantitative estimate of drug-likeness (QED) is 0.762. The topological polar surface area (TPSA) is 55.8 Å². The predicted octanol–water partition coefficient (Wildman–Crippen LogP) is 3.56. The highest BCUT2D eigenvalue weighted by molar-refractivity contribution is 5.75. The molecule has 0 amide bonds. The molecule has 4 nitrogen and oxygen atoms in total. The summed E-state index contributed by atoms with van der Waals surface area (Å²) in [5, 5.41) is 9.93. The van der Waals surface area contributed by atoms with Crippen molar-refractivity contribution in [1.29, 1.82) is 0 Å². The van der Waals surface area contributed by atoms with Crippen molar-refractivity contribution in [3.8, 4) is 0 Å². The van der Waals surface area contributed by atoms with Gasteiger partial charge in [-0.2, -0.15) is 0 Å². The lowest BCUT2D eigenvalue weighted by atomic mass is 9.67. The van der Waals surface area contributed by atoms with Gasteiger partial charge in [-0.15, -0.1) is 0 Å². The van der Waals surface area contributed by atoms with Crippen LogP contribution in [0.4, 0.5) is 0 Å². The lowest BCUT2D eigenvalue weighted by Crippen LogP contribution is -2.36. The number of hydrogen-bond acceptors (Lipinski definition) is 4. The summed E-state index contributed by atoms with van der Waals surface area (Å²) in [6.07, 6.45) is 3.97. The summed E-state index contributed by atoms with van der Waals surface area (Å²) in [6.45, 7) is 12.5. The van der Waals surface area contributed by atoms with Crippen LogP contribution in [0, 0.1) is 16.7 Å². The highest BCUT2D eigenvalue weighted by atomic mass is 16.6. The Kier molecular flexibility index (Phi) is 6.87. The van der Waals surface area contributed by atoms with E-state index in [1.54, 1.807) is 20.8 Å². The van der Waals surface area contributed by atoms with Gasteiger partial charge >= 0.3 is 5.97 Å². The van der Waals surface area contributed by atoms with Crippen molar-refractivity contribution in [3.63, 3.8) is 0 Å². The zero-order valence-corrected chi connectivity index (χ0v) is 15.1. The van der Waals surface area contributed by atoms with Gasteiger partial charge in [0.15, 0.2) is 0 Å². The van der Waals surface area contributed by atoms with Gasteiger partial charge in [0.1, 0.15) is 12.7 Å². The second kappa shape index (κ2) is 7.78. The van der Waals surface area contributed by atoms with Gasteiger partial charge in [-0.3, -0.25) is 4.79 Å². The Morgan fingerprint density at radius 3 is 2.50 bits per heavy atom. The fourth-order valence-corrected chi connectivity index (χ4v) is 2.81. The molecule has 0 spiro atoms. The fraction of sp³-hybridized carbons (Fsp3) is 0.944. The van der Waals surface area contributed by atoms with E-state index in [-0.39, 0.29) is 25.3 Å². The van der Waals surface area contributed by atoms with E-state index in [4.69, 9.17) is 9.47 Å². The molecular formula is C18H34O4. The second-order valence-electron chi connectivity index (χ2n) is 8.36. The van der Waals surface area contributed by atoms with Crippen LogP contribution in [0.2, 0.25) is 0 Å². The molecule has 0 aromatic carbocycles. The lowest BCUT2D eigenvalue weighted by molar-refractivity contribution is -0.158. The minimum atomic E-state index is -0.751. The van der Waals surface area contributed by atoms with Crippen molar-refractivity contribution in [3.05, 3.63) is 0 Å². The van der Waals surface area contributed by atoms with E-state index in [0.717, 1.165) is 12.8 Å². The molecule has 130 valence electrons. The number of aliphatic hydroxyl groups is 1. The summed E-state index contributed by atoms with van der Waals surface area (Å²) >= 11 is 0. The Morgan fingerprint density at radius 2 is 1.95 bits per heavy atom. The van der Waals surface area contributed by atoms with E-state index in [9.17, 15) is 9.90 Å². The van der Waals surface area contributed by atoms with Crippen LogP contribution in [0.5, 0.6) is 0 Å². The van der Waals surface area contributed by atoms with Gasteiger partial charge in [0.05, 0.1) is 18.1 Å². The number of carbonyl (C=O) groups excluding carboxylic acids is 1. The third-order valence-corrected chi connectivity index (χ3v) is 4.91. The first kappa shape index (κ1) is 19.4. The molecule has 0 bridgehead atoms. The zero-order valence-electron chi connectivity index (χ0n) is 15.1. The van der Waals surface area contributed by atoms with E-state index in [0.29, 0.717) is 11.3 Å². The van der Waals surface area contributed by atoms with Crippen molar-refractivity contribution in [2.75, 3.05) is 13.2 Å². The molecule has 0 radical (unpaired) electrons. The molecule has 3 atom stereocenters. The van der Waals surface area contributed by atoms with Crippen molar-refractivity contribution in [1.82, 2.24) is 0 Å². The van der Waals surface area contributed by atoms with Crippen LogP contribution in [-0.4, -0.2) is 36.5 Å². The maximum atomic E-state index is 11.7. The van der Waals surface area contributed by atoms with Gasteiger partial charge in [0.25, 0.3) is 0 Å². The van der Waals surface area contributed by atoms with Crippen LogP contribution >= 0.6 is 0 Å². The number of ether oxygens (including phenoxy) is 2. The number of esters is 1. The van der Waals surface area contributed by atoms with E-state index in [2.05, 4.69) is 20.8 Å². The van der Waals surface area contributed by atoms with Crippen molar-refractivity contribution >= 4 is 5.97 Å². The Balaban J connectivity index is 2.32. The largest absolute Gasteiger partial charge is 0.462 e. The van der Waals surface area contributed by atoms with Crippen LogP contribution in [-0.2, 0) is 14.3 Å². The van der Waals surface area contributed by atoms with Crippen LogP contribution < -0.4 is 0 Å². The summed E-state index contributed by atoms with van der Waals surface area (Å²) < 4.78 is 11.0. The molecule has 1 saturated carbocycles. The average Bonchev–Trinajstić information content (AvgIpc) is 2.41. The Labute approximate surface area is 135 Å². The molecule has 0 aromatic heterocycles. The molecule has 22 heavy (non-hydrogen) atoms. The first-order valence-corrected chi connectivity index (χ1v) is 8.51. The number of hydrogen-bond donors (Lipinski definition) is 1. The SMILES string of the molecule is CC(C)C1(C)CCCC(OCC(O)COC(=O)C(C)(C)C)C1. The van der Waals surface area contributed by atoms with Crippen molar-refractivity contribution in [2.24, 2.45) is 16.7 Å². The fourth-order valence-electron chi connectivity index (χ4n) is 2.81. The van der Waals surface area contributed by atoms with Gasteiger partial charge in [-0.25, -0.2) is 0 Å². The van der Waals surface area contributed by atoms with Crippen LogP contribution in [0.3, 0.4) is 0 Å². The Morgan fingerprint density at radius 1 is 1.32 bits per heavy atom. The van der Waals surface area contributed by atoms with Crippen LogP contribution in [0.25, 0.3) is 0 Å². The molecule has 4 heteroatoms. The minimum Gasteiger partial charge on any atom is -0.462 e. The van der Waals surface area contributed by atoms with Gasteiger partial charge in [-0.05, 0) is 51.4 Å². The van der Waals surface area contributed by atoms with E-state index >= 15 is 0 Å². The molecule has 1 aliphatic carbocycles. The highest BCUT2D eigenvalue weighted by Gasteiger charge is 2.35. The van der Waals surface area contributed by atoms with Gasteiger partial charge in [-0.1, -0.05) is 27.2 Å². The van der Waals surface area contributed by atoms with E-state index < -0.39 is 11.5 Å². The third-order valence-electron chi connectivity index (χ3n) is 4.91. The number of rotatable bonds is 6. The first-order valence-electron chi connectivity index (χ1n) is 8.51. The standard InChI is InChI=1S/C18H34O4/c1-13(2)18(6)9-7-8-15(10-18)21-11-14(19)12-22-16(20)17(3,4)5/h13-15,19H,7-12H2,1-6H3. The second-order valence-corrected chi connectivity index (χ2v) is 8.36. The molecule has 1 N–H and O–H groups in total. The monoisotopic (exact) mass is 314 g/mol. The molecule has 1 fully saturated rings. The maximum absolute atomic E-state index is 11.7. The van der Waals surface area contributed by atoms with Gasteiger partial charge in [0.2, 0.25) is 0 Å². The van der Waals surface area contributed by atoms with E-state index in [1.807, 2.05) is 0 Å². The first-order chi connectivity index (χ1) is 10.0. The number of aliphatic hydroxyl groups excluding tert-OH is 1. The summed E-state index contributed by atoms with van der Waals surface area (Å²) in [6, 6.07) is 0. The van der Waals surface area contributed by atoms with Crippen molar-refractivity contribution in [2.45, 2.75) is 79.4 Å². The summed E-state index contributed by atoms with van der Waals surface area (Å²) in [7, 11) is 0. The Hall–Kier alpha value is -0.610. The molecule has 1 rings (SSSR count). The summed E-state index contributed by atoms with van der Waals surface area (Å²) in [4.78, 5) is 11.7. The lowest BCUT2D eigenvalue weighted by Gasteiger charge is -2.41. The number of carbonyl (C=O) groups is 1. The third kappa shape index (κ3) is 5.88. The smallest absolute Gasteiger partial charge is 0.311 e. The summed E-state index contributed by atoms with van der Waals surface area (Å²) in [5.41, 5.74) is -0.213. The molecule has 0 saturated heterocycles. The molecule has 1 aliphatic rings. The van der Waals surface area contributed by atoms with Gasteiger partial charge < -0.3 is 14.6 Å². The predicted molar refractivity (Wildman–Crippen MR) is 87.6 cm³/mol. The summed E-state index contributed by atoms with van der Waals surface area (Å²) in [5.74, 6) is 0.341. The molecule has 0 aliphatic heterocycles. The highest BCUT2D eigenvalue weighted by Crippen LogP contribution is 2.42. The molecular weight excluding hydrogens is 280 g/mol. The molecule has 0 heterocycles.